The molecule has 0 aromatic heterocycles. The second kappa shape index (κ2) is 4.36. The first-order chi connectivity index (χ1) is 5.74. The number of hydrogen-bond acceptors (Lipinski definition) is 1. The molecule has 0 saturated heterocycles. The van der Waals surface area contributed by atoms with E-state index in [1.165, 1.54) is 6.07 Å². The van der Waals surface area contributed by atoms with Crippen LogP contribution in [0.3, 0.4) is 0 Å². The van der Waals surface area contributed by atoms with Gasteiger partial charge in [0.2, 0.25) is 0 Å². The molecule has 1 aromatic rings. The van der Waals surface area contributed by atoms with Crippen LogP contribution >= 0.6 is 15.9 Å². The number of aldehydes is 1. The average molecular weight is 231 g/mol. The third-order valence-corrected chi connectivity index (χ3v) is 2.18. The maximum absolute atomic E-state index is 12.9. The topological polar surface area (TPSA) is 17.1 Å². The Morgan fingerprint density at radius 3 is 2.83 bits per heavy atom. The van der Waals surface area contributed by atoms with Gasteiger partial charge in [0.15, 0.2) is 0 Å². The van der Waals surface area contributed by atoms with Gasteiger partial charge in [0, 0.05) is 6.42 Å². The highest BCUT2D eigenvalue weighted by atomic mass is 79.9. The Morgan fingerprint density at radius 1 is 1.50 bits per heavy atom. The molecule has 0 amide bonds. The highest BCUT2D eigenvalue weighted by Crippen LogP contribution is 2.16. The van der Waals surface area contributed by atoms with Gasteiger partial charge in [-0.3, -0.25) is 0 Å². The van der Waals surface area contributed by atoms with Crippen LogP contribution in [0.25, 0.3) is 0 Å². The van der Waals surface area contributed by atoms with Gasteiger partial charge in [-0.25, -0.2) is 4.39 Å². The first-order valence-corrected chi connectivity index (χ1v) is 4.41. The minimum absolute atomic E-state index is 0.279. The van der Waals surface area contributed by atoms with E-state index in [-0.39, 0.29) is 5.82 Å². The minimum Gasteiger partial charge on any atom is -0.303 e. The molecule has 0 aliphatic carbocycles. The van der Waals surface area contributed by atoms with Gasteiger partial charge in [-0.2, -0.15) is 0 Å². The molecule has 0 unspecified atom stereocenters. The second-order valence-corrected chi connectivity index (χ2v) is 3.31. The molecule has 0 heterocycles. The zero-order valence-electron chi connectivity index (χ0n) is 6.39. The summed E-state index contributed by atoms with van der Waals surface area (Å²) in [6.45, 7) is 0. The largest absolute Gasteiger partial charge is 0.303 e. The molecule has 1 aromatic carbocycles. The van der Waals surface area contributed by atoms with E-state index < -0.39 is 0 Å². The molecule has 0 aliphatic rings. The summed E-state index contributed by atoms with van der Waals surface area (Å²) in [6.07, 6.45) is 1.88. The van der Waals surface area contributed by atoms with Crippen molar-refractivity contribution in [1.29, 1.82) is 0 Å². The molecule has 0 saturated carbocycles. The molecule has 0 radical (unpaired) electrons. The van der Waals surface area contributed by atoms with Crippen LogP contribution < -0.4 is 0 Å². The number of hydrogen-bond donors (Lipinski definition) is 0. The van der Waals surface area contributed by atoms with E-state index in [1.807, 2.05) is 0 Å². The van der Waals surface area contributed by atoms with Crippen LogP contribution in [0, 0.1) is 5.82 Å². The van der Waals surface area contributed by atoms with Crippen LogP contribution in [0.4, 0.5) is 4.39 Å². The molecule has 0 spiro atoms. The van der Waals surface area contributed by atoms with E-state index in [0.29, 0.717) is 17.3 Å². The Morgan fingerprint density at radius 2 is 2.25 bits per heavy atom. The molecule has 0 fully saturated rings. The summed E-state index contributed by atoms with van der Waals surface area (Å²) < 4.78 is 13.3. The zero-order chi connectivity index (χ0) is 8.97. The summed E-state index contributed by atoms with van der Waals surface area (Å²) in [5.41, 5.74) is 0.850. The maximum atomic E-state index is 12.9. The van der Waals surface area contributed by atoms with Crippen LogP contribution in [0.15, 0.2) is 22.7 Å². The lowest BCUT2D eigenvalue weighted by Gasteiger charge is -1.98. The van der Waals surface area contributed by atoms with Crippen LogP contribution in [-0.2, 0) is 11.2 Å². The number of halogens is 2. The number of rotatable bonds is 3. The third-order valence-electron chi connectivity index (χ3n) is 1.53. The normalized spacial score (nSPS) is 9.83. The van der Waals surface area contributed by atoms with Crippen molar-refractivity contribution in [3.05, 3.63) is 34.1 Å². The summed E-state index contributed by atoms with van der Waals surface area (Å²) in [7, 11) is 0. The van der Waals surface area contributed by atoms with E-state index in [2.05, 4.69) is 15.9 Å². The quantitative estimate of drug-likeness (QED) is 0.731. The number of carbonyl (C=O) groups excluding carboxylic acids is 1. The molecular formula is C9H8BrFO. The van der Waals surface area contributed by atoms with Gasteiger partial charge in [0.1, 0.15) is 12.1 Å². The molecule has 1 rings (SSSR count). The van der Waals surface area contributed by atoms with Crippen molar-refractivity contribution >= 4 is 22.2 Å². The Balaban J connectivity index is 2.75. The third kappa shape index (κ3) is 2.41. The number of carbonyl (C=O) groups is 1. The molecule has 0 atom stereocenters. The number of aryl methyl sites for hydroxylation is 1. The fraction of sp³-hybridized carbons (Fsp3) is 0.222. The summed E-state index contributed by atoms with van der Waals surface area (Å²) in [6, 6.07) is 4.89. The molecule has 0 bridgehead atoms. The first kappa shape index (κ1) is 9.39. The van der Waals surface area contributed by atoms with Gasteiger partial charge in [0.05, 0.1) is 4.47 Å². The second-order valence-electron chi connectivity index (χ2n) is 2.45. The van der Waals surface area contributed by atoms with Crippen molar-refractivity contribution < 1.29 is 9.18 Å². The molecule has 12 heavy (non-hydrogen) atoms. The van der Waals surface area contributed by atoms with Crippen molar-refractivity contribution in [2.75, 3.05) is 0 Å². The highest BCUT2D eigenvalue weighted by molar-refractivity contribution is 9.10. The minimum atomic E-state index is -0.279. The molecule has 0 N–H and O–H groups in total. The zero-order valence-corrected chi connectivity index (χ0v) is 7.97. The maximum Gasteiger partial charge on any atom is 0.137 e. The Kier molecular flexibility index (Phi) is 3.41. The standard InChI is InChI=1S/C9H8BrFO/c10-8-4-3-7(2-1-5-12)6-9(8)11/h3-6H,1-2H2. The summed E-state index contributed by atoms with van der Waals surface area (Å²) in [5, 5.41) is 0. The van der Waals surface area contributed by atoms with Crippen molar-refractivity contribution in [2.45, 2.75) is 12.8 Å². The van der Waals surface area contributed by atoms with E-state index in [1.54, 1.807) is 12.1 Å². The molecule has 0 aliphatic heterocycles. The predicted molar refractivity (Wildman–Crippen MR) is 48.5 cm³/mol. The van der Waals surface area contributed by atoms with Crippen LogP contribution in [0.2, 0.25) is 0 Å². The van der Waals surface area contributed by atoms with E-state index in [0.717, 1.165) is 11.8 Å². The molecule has 64 valence electrons. The van der Waals surface area contributed by atoms with Gasteiger partial charge in [-0.05, 0) is 40.0 Å². The lowest BCUT2D eigenvalue weighted by molar-refractivity contribution is -0.107. The smallest absolute Gasteiger partial charge is 0.137 e. The highest BCUT2D eigenvalue weighted by Gasteiger charge is 1.99. The van der Waals surface area contributed by atoms with Gasteiger partial charge in [-0.15, -0.1) is 0 Å². The van der Waals surface area contributed by atoms with Crippen LogP contribution in [0.1, 0.15) is 12.0 Å². The number of benzene rings is 1. The van der Waals surface area contributed by atoms with Gasteiger partial charge < -0.3 is 4.79 Å². The summed E-state index contributed by atoms with van der Waals surface area (Å²) in [4.78, 5) is 10.0. The van der Waals surface area contributed by atoms with Crippen LogP contribution in [0.5, 0.6) is 0 Å². The molecular weight excluding hydrogens is 223 g/mol. The van der Waals surface area contributed by atoms with Gasteiger partial charge >= 0.3 is 0 Å². The van der Waals surface area contributed by atoms with E-state index in [4.69, 9.17) is 0 Å². The monoisotopic (exact) mass is 230 g/mol. The van der Waals surface area contributed by atoms with E-state index >= 15 is 0 Å². The SMILES string of the molecule is O=CCCc1ccc(Br)c(F)c1. The van der Waals surface area contributed by atoms with Crippen LogP contribution in [-0.4, -0.2) is 6.29 Å². The average Bonchev–Trinajstić information content (AvgIpc) is 2.07. The fourth-order valence-corrected chi connectivity index (χ4v) is 1.17. The Bertz CT molecular complexity index is 286. The van der Waals surface area contributed by atoms with Gasteiger partial charge in [0.25, 0.3) is 0 Å². The first-order valence-electron chi connectivity index (χ1n) is 3.61. The Hall–Kier alpha value is -0.700. The molecule has 3 heteroatoms. The fourth-order valence-electron chi connectivity index (χ4n) is 0.921. The van der Waals surface area contributed by atoms with Crippen molar-refractivity contribution in [3.63, 3.8) is 0 Å². The van der Waals surface area contributed by atoms with Crippen molar-refractivity contribution in [1.82, 2.24) is 0 Å². The summed E-state index contributed by atoms with van der Waals surface area (Å²) in [5.74, 6) is -0.279. The van der Waals surface area contributed by atoms with Crippen molar-refractivity contribution in [2.24, 2.45) is 0 Å². The summed E-state index contributed by atoms with van der Waals surface area (Å²) >= 11 is 3.05. The van der Waals surface area contributed by atoms with Crippen molar-refractivity contribution in [3.8, 4) is 0 Å². The molecule has 1 nitrogen and oxygen atoms in total. The van der Waals surface area contributed by atoms with E-state index in [9.17, 15) is 9.18 Å². The lowest BCUT2D eigenvalue weighted by Crippen LogP contribution is -1.87. The predicted octanol–water partition coefficient (Wildman–Crippen LogP) is 2.72. The Labute approximate surface area is 78.7 Å². The lowest BCUT2D eigenvalue weighted by atomic mass is 10.1. The van der Waals surface area contributed by atoms with Gasteiger partial charge in [-0.1, -0.05) is 6.07 Å².